The largest absolute Gasteiger partial charge is 0.494 e. The molecule has 7 nitrogen and oxygen atoms in total. The molecular formula is C20H21BrN2O5S. The van der Waals surface area contributed by atoms with Crippen LogP contribution in [0.5, 0.6) is 5.75 Å². The smallest absolute Gasteiger partial charge is 0.233 e. The van der Waals surface area contributed by atoms with Gasteiger partial charge in [-0.15, -0.1) is 0 Å². The molecule has 0 radical (unpaired) electrons. The van der Waals surface area contributed by atoms with Gasteiger partial charge in [0, 0.05) is 23.7 Å². The van der Waals surface area contributed by atoms with E-state index in [0.717, 1.165) is 4.47 Å². The first-order valence-electron chi connectivity index (χ1n) is 8.93. The molecule has 9 heteroatoms. The molecule has 0 spiro atoms. The number of anilines is 1. The van der Waals surface area contributed by atoms with E-state index in [0.29, 0.717) is 31.1 Å². The maximum absolute atomic E-state index is 13.2. The monoisotopic (exact) mass is 480 g/mol. The molecule has 0 aliphatic carbocycles. The van der Waals surface area contributed by atoms with Crippen LogP contribution in [-0.2, 0) is 14.6 Å². The third-order valence-electron chi connectivity index (χ3n) is 3.98. The van der Waals surface area contributed by atoms with E-state index in [-0.39, 0.29) is 21.7 Å². The van der Waals surface area contributed by atoms with Crippen molar-refractivity contribution in [3.05, 3.63) is 53.0 Å². The van der Waals surface area contributed by atoms with Gasteiger partial charge in [0.2, 0.25) is 26.6 Å². The number of hydrogen-bond donors (Lipinski definition) is 1. The van der Waals surface area contributed by atoms with Crippen LogP contribution in [0.4, 0.5) is 5.88 Å². The molecule has 0 atom stereocenters. The van der Waals surface area contributed by atoms with Crippen molar-refractivity contribution in [2.75, 3.05) is 32.2 Å². The molecule has 0 aliphatic rings. The molecule has 3 rings (SSSR count). The van der Waals surface area contributed by atoms with Crippen LogP contribution in [0.2, 0.25) is 0 Å². The van der Waals surface area contributed by atoms with Gasteiger partial charge in [0.1, 0.15) is 5.75 Å². The Morgan fingerprint density at radius 2 is 1.79 bits per heavy atom. The number of sulfone groups is 1. The highest BCUT2D eigenvalue weighted by atomic mass is 79.9. The van der Waals surface area contributed by atoms with Crippen LogP contribution < -0.4 is 10.1 Å². The number of nitrogens with zero attached hydrogens (tertiary/aromatic N) is 1. The van der Waals surface area contributed by atoms with Gasteiger partial charge in [-0.3, -0.25) is 0 Å². The van der Waals surface area contributed by atoms with Crippen LogP contribution >= 0.6 is 15.9 Å². The van der Waals surface area contributed by atoms with Crippen LogP contribution in [0, 0.1) is 0 Å². The third-order valence-corrected chi connectivity index (χ3v) is 6.19. The van der Waals surface area contributed by atoms with Crippen molar-refractivity contribution in [1.82, 2.24) is 4.98 Å². The van der Waals surface area contributed by atoms with Gasteiger partial charge in [-0.2, -0.15) is 4.98 Å². The predicted molar refractivity (Wildman–Crippen MR) is 113 cm³/mol. The number of methoxy groups -OCH3 is 1. The molecule has 0 saturated heterocycles. The van der Waals surface area contributed by atoms with E-state index in [1.54, 1.807) is 43.5 Å². The zero-order valence-corrected chi connectivity index (χ0v) is 18.4. The van der Waals surface area contributed by atoms with Gasteiger partial charge in [-0.25, -0.2) is 8.42 Å². The SMILES string of the molecule is CCOc1ccc(-c2nc(S(=O)(=O)c3ccc(Br)cc3)c(NCCOC)o2)cc1. The Kier molecular flexibility index (Phi) is 6.94. The molecular weight excluding hydrogens is 460 g/mol. The normalized spacial score (nSPS) is 11.4. The van der Waals surface area contributed by atoms with Gasteiger partial charge in [0.25, 0.3) is 0 Å². The average molecular weight is 481 g/mol. The Balaban J connectivity index is 2.01. The molecule has 0 amide bonds. The van der Waals surface area contributed by atoms with Crippen molar-refractivity contribution in [3.8, 4) is 17.2 Å². The Bertz CT molecular complexity index is 1050. The topological polar surface area (TPSA) is 90.7 Å². The third kappa shape index (κ3) is 4.98. The number of nitrogens with one attached hydrogen (secondary N) is 1. The molecule has 0 bridgehead atoms. The van der Waals surface area contributed by atoms with Crippen LogP contribution in [0.25, 0.3) is 11.5 Å². The first-order valence-corrected chi connectivity index (χ1v) is 11.2. The number of rotatable bonds is 9. The highest BCUT2D eigenvalue weighted by molar-refractivity contribution is 9.10. The van der Waals surface area contributed by atoms with E-state index in [4.69, 9.17) is 13.9 Å². The van der Waals surface area contributed by atoms with Crippen molar-refractivity contribution in [1.29, 1.82) is 0 Å². The summed E-state index contributed by atoms with van der Waals surface area (Å²) >= 11 is 3.31. The van der Waals surface area contributed by atoms with E-state index >= 15 is 0 Å². The first kappa shape index (κ1) is 21.4. The molecule has 3 aromatic rings. The van der Waals surface area contributed by atoms with E-state index in [1.165, 1.54) is 12.1 Å². The maximum atomic E-state index is 13.2. The van der Waals surface area contributed by atoms with Gasteiger partial charge >= 0.3 is 0 Å². The van der Waals surface area contributed by atoms with Crippen LogP contribution in [-0.4, -0.2) is 40.3 Å². The molecule has 1 heterocycles. The lowest BCUT2D eigenvalue weighted by Crippen LogP contribution is -2.11. The summed E-state index contributed by atoms with van der Waals surface area (Å²) < 4.78 is 43.3. The number of hydrogen-bond acceptors (Lipinski definition) is 7. The Morgan fingerprint density at radius 3 is 2.41 bits per heavy atom. The number of halogens is 1. The van der Waals surface area contributed by atoms with Crippen molar-refractivity contribution >= 4 is 31.7 Å². The summed E-state index contributed by atoms with van der Waals surface area (Å²) in [5.74, 6) is 0.987. The summed E-state index contributed by atoms with van der Waals surface area (Å²) in [4.78, 5) is 4.42. The zero-order valence-electron chi connectivity index (χ0n) is 16.0. The van der Waals surface area contributed by atoms with Crippen LogP contribution in [0.1, 0.15) is 6.92 Å². The standard InChI is InChI=1S/C20H21BrN2O5S/c1-3-27-16-8-4-14(5-9-16)18-23-20(19(28-18)22-12-13-26-2)29(24,25)17-10-6-15(21)7-11-17/h4-11,22H,3,12-13H2,1-2H3. The second-order valence-corrected chi connectivity index (χ2v) is 8.77. The van der Waals surface area contributed by atoms with Gasteiger partial charge in [0.05, 0.1) is 18.1 Å². The molecule has 1 aromatic heterocycles. The predicted octanol–water partition coefficient (Wildman–Crippen LogP) is 4.39. The fourth-order valence-electron chi connectivity index (χ4n) is 2.58. The highest BCUT2D eigenvalue weighted by Gasteiger charge is 2.28. The molecule has 29 heavy (non-hydrogen) atoms. The van der Waals surface area contributed by atoms with Gasteiger partial charge in [-0.05, 0) is 55.5 Å². The zero-order chi connectivity index (χ0) is 20.9. The molecule has 2 aromatic carbocycles. The Morgan fingerprint density at radius 1 is 1.10 bits per heavy atom. The lowest BCUT2D eigenvalue weighted by molar-refractivity contribution is 0.210. The fourth-order valence-corrected chi connectivity index (χ4v) is 4.12. The average Bonchev–Trinajstić information content (AvgIpc) is 3.14. The minimum atomic E-state index is -3.88. The second-order valence-electron chi connectivity index (χ2n) is 5.99. The van der Waals surface area contributed by atoms with Gasteiger partial charge < -0.3 is 19.2 Å². The summed E-state index contributed by atoms with van der Waals surface area (Å²) in [5.41, 5.74) is 0.639. The summed E-state index contributed by atoms with van der Waals surface area (Å²) in [6.07, 6.45) is 0. The highest BCUT2D eigenvalue weighted by Crippen LogP contribution is 2.33. The van der Waals surface area contributed by atoms with Gasteiger partial charge in [0.15, 0.2) is 0 Å². The van der Waals surface area contributed by atoms with E-state index in [1.807, 2.05) is 6.92 Å². The summed E-state index contributed by atoms with van der Waals surface area (Å²) in [7, 11) is -2.32. The van der Waals surface area contributed by atoms with Crippen molar-refractivity contribution in [2.24, 2.45) is 0 Å². The number of aromatic nitrogens is 1. The molecule has 154 valence electrons. The fraction of sp³-hybridized carbons (Fsp3) is 0.250. The van der Waals surface area contributed by atoms with Gasteiger partial charge in [-0.1, -0.05) is 15.9 Å². The van der Waals surface area contributed by atoms with E-state index in [2.05, 4.69) is 26.2 Å². The molecule has 0 unspecified atom stereocenters. The minimum absolute atomic E-state index is 0.0776. The van der Waals surface area contributed by atoms with Crippen LogP contribution in [0.15, 0.2) is 67.3 Å². The lowest BCUT2D eigenvalue weighted by atomic mass is 10.2. The summed E-state index contributed by atoms with van der Waals surface area (Å²) in [6.45, 7) is 3.22. The second kappa shape index (κ2) is 9.43. The van der Waals surface area contributed by atoms with Crippen molar-refractivity contribution in [2.45, 2.75) is 16.8 Å². The van der Waals surface area contributed by atoms with E-state index < -0.39 is 9.84 Å². The minimum Gasteiger partial charge on any atom is -0.494 e. The number of oxazole rings is 1. The van der Waals surface area contributed by atoms with Crippen molar-refractivity contribution in [3.63, 3.8) is 0 Å². The number of benzene rings is 2. The maximum Gasteiger partial charge on any atom is 0.233 e. The Hall–Kier alpha value is -2.36. The number of ether oxygens (including phenoxy) is 2. The lowest BCUT2D eigenvalue weighted by Gasteiger charge is -2.05. The molecule has 0 saturated carbocycles. The molecule has 0 fully saturated rings. The van der Waals surface area contributed by atoms with E-state index in [9.17, 15) is 8.42 Å². The molecule has 0 aliphatic heterocycles. The summed E-state index contributed by atoms with van der Waals surface area (Å²) in [6, 6.07) is 13.5. The van der Waals surface area contributed by atoms with Crippen molar-refractivity contribution < 1.29 is 22.3 Å². The summed E-state index contributed by atoms with van der Waals surface area (Å²) in [5, 5.41) is 2.79. The first-order chi connectivity index (χ1) is 14.0. The molecule has 1 N–H and O–H groups in total. The van der Waals surface area contributed by atoms with Crippen LogP contribution in [0.3, 0.4) is 0 Å². The Labute approximate surface area is 178 Å². The quantitative estimate of drug-likeness (QED) is 0.453.